The van der Waals surface area contributed by atoms with Crippen molar-refractivity contribution >= 4 is 5.69 Å². The largest absolute Gasteiger partial charge is 0.497 e. The summed E-state index contributed by atoms with van der Waals surface area (Å²) in [5.74, 6) is 5.63. The van der Waals surface area contributed by atoms with Crippen molar-refractivity contribution in [3.05, 3.63) is 18.2 Å². The van der Waals surface area contributed by atoms with Crippen LogP contribution in [0.5, 0.6) is 11.5 Å². The third-order valence-corrected chi connectivity index (χ3v) is 6.13. The van der Waals surface area contributed by atoms with Gasteiger partial charge in [0.25, 0.3) is 0 Å². The van der Waals surface area contributed by atoms with Gasteiger partial charge < -0.3 is 14.8 Å². The summed E-state index contributed by atoms with van der Waals surface area (Å²) in [4.78, 5) is 0. The molecule has 3 nitrogen and oxygen atoms in total. The van der Waals surface area contributed by atoms with Crippen LogP contribution in [0.2, 0.25) is 0 Å². The number of fused-ring (bicyclic) bond motifs is 5. The van der Waals surface area contributed by atoms with Crippen LogP contribution < -0.4 is 14.8 Å². The first-order chi connectivity index (χ1) is 10.3. The molecule has 3 aliphatic carbocycles. The lowest BCUT2D eigenvalue weighted by atomic mass is 9.79. The molecule has 0 aliphatic heterocycles. The molecule has 0 saturated heterocycles. The maximum atomic E-state index is 5.37. The fourth-order valence-corrected chi connectivity index (χ4v) is 5.34. The quantitative estimate of drug-likeness (QED) is 0.910. The smallest absolute Gasteiger partial charge is 0.124 e. The van der Waals surface area contributed by atoms with Gasteiger partial charge in [0.2, 0.25) is 0 Å². The SMILES string of the molecule is COc1cc(NC2CC3CC2C2CCCC32)cc(OC)c1. The molecule has 3 saturated carbocycles. The molecule has 4 rings (SSSR count). The van der Waals surface area contributed by atoms with Crippen LogP contribution in [0.25, 0.3) is 0 Å². The molecule has 1 aromatic carbocycles. The van der Waals surface area contributed by atoms with Crippen molar-refractivity contribution < 1.29 is 9.47 Å². The van der Waals surface area contributed by atoms with Gasteiger partial charge in [-0.1, -0.05) is 6.42 Å². The Morgan fingerprint density at radius 3 is 2.33 bits per heavy atom. The highest BCUT2D eigenvalue weighted by molar-refractivity contribution is 5.54. The number of nitrogens with one attached hydrogen (secondary N) is 1. The van der Waals surface area contributed by atoms with Gasteiger partial charge in [-0.3, -0.25) is 0 Å². The Labute approximate surface area is 127 Å². The Hall–Kier alpha value is -1.38. The Bertz CT molecular complexity index is 508. The number of rotatable bonds is 4. The predicted octanol–water partition coefficient (Wildman–Crippen LogP) is 3.94. The standard InChI is InChI=1S/C18H25NO2/c1-20-13-8-12(9-14(10-13)21-2)19-18-7-11-6-17(18)16-5-3-4-15(11)16/h8-11,15-19H,3-7H2,1-2H3. The molecular weight excluding hydrogens is 262 g/mol. The average molecular weight is 287 g/mol. The molecule has 5 atom stereocenters. The molecule has 5 unspecified atom stereocenters. The van der Waals surface area contributed by atoms with Gasteiger partial charge in [-0.25, -0.2) is 0 Å². The summed E-state index contributed by atoms with van der Waals surface area (Å²) in [6, 6.07) is 6.74. The number of methoxy groups -OCH3 is 2. The molecule has 0 aromatic heterocycles. The summed E-state index contributed by atoms with van der Waals surface area (Å²) >= 11 is 0. The van der Waals surface area contributed by atoms with E-state index in [0.29, 0.717) is 6.04 Å². The van der Waals surface area contributed by atoms with Crippen molar-refractivity contribution in [1.29, 1.82) is 0 Å². The molecule has 21 heavy (non-hydrogen) atoms. The van der Waals surface area contributed by atoms with E-state index in [1.807, 2.05) is 6.07 Å². The van der Waals surface area contributed by atoms with Gasteiger partial charge in [-0.05, 0) is 49.4 Å². The first-order valence-electron chi connectivity index (χ1n) is 8.28. The zero-order chi connectivity index (χ0) is 14.4. The highest BCUT2D eigenvalue weighted by Gasteiger charge is 2.53. The Balaban J connectivity index is 1.52. The van der Waals surface area contributed by atoms with Crippen molar-refractivity contribution in [2.75, 3.05) is 19.5 Å². The van der Waals surface area contributed by atoms with E-state index in [1.54, 1.807) is 14.2 Å². The maximum Gasteiger partial charge on any atom is 0.124 e. The van der Waals surface area contributed by atoms with Gasteiger partial charge in [0, 0.05) is 29.9 Å². The minimum Gasteiger partial charge on any atom is -0.497 e. The van der Waals surface area contributed by atoms with Crippen LogP contribution in [0.4, 0.5) is 5.69 Å². The van der Waals surface area contributed by atoms with Crippen molar-refractivity contribution in [3.8, 4) is 11.5 Å². The summed E-state index contributed by atoms with van der Waals surface area (Å²) in [6.45, 7) is 0. The van der Waals surface area contributed by atoms with Crippen molar-refractivity contribution in [2.45, 2.75) is 38.1 Å². The molecule has 0 radical (unpaired) electrons. The van der Waals surface area contributed by atoms with Gasteiger partial charge in [0.1, 0.15) is 11.5 Å². The summed E-state index contributed by atoms with van der Waals surface area (Å²) in [5.41, 5.74) is 1.14. The highest BCUT2D eigenvalue weighted by Crippen LogP contribution is 2.59. The van der Waals surface area contributed by atoms with Crippen LogP contribution in [0.15, 0.2) is 18.2 Å². The van der Waals surface area contributed by atoms with Crippen molar-refractivity contribution in [2.24, 2.45) is 23.7 Å². The van der Waals surface area contributed by atoms with Crippen LogP contribution in [-0.2, 0) is 0 Å². The third-order valence-electron chi connectivity index (χ3n) is 6.13. The topological polar surface area (TPSA) is 30.5 Å². The summed E-state index contributed by atoms with van der Waals surface area (Å²) in [6.07, 6.45) is 7.22. The molecule has 114 valence electrons. The average Bonchev–Trinajstić information content (AvgIpc) is 3.19. The zero-order valence-electron chi connectivity index (χ0n) is 13.0. The molecule has 2 bridgehead atoms. The molecular formula is C18H25NO2. The Kier molecular flexibility index (Phi) is 3.24. The lowest BCUT2D eigenvalue weighted by Gasteiger charge is -2.32. The van der Waals surface area contributed by atoms with E-state index in [9.17, 15) is 0 Å². The molecule has 3 heteroatoms. The van der Waals surface area contributed by atoms with E-state index in [0.717, 1.165) is 40.9 Å². The zero-order valence-corrected chi connectivity index (χ0v) is 13.0. The molecule has 1 aromatic rings. The molecule has 3 fully saturated rings. The number of hydrogen-bond acceptors (Lipinski definition) is 3. The number of benzene rings is 1. The minimum absolute atomic E-state index is 0.645. The molecule has 0 amide bonds. The molecule has 0 spiro atoms. The fourth-order valence-electron chi connectivity index (χ4n) is 5.34. The predicted molar refractivity (Wildman–Crippen MR) is 84.0 cm³/mol. The minimum atomic E-state index is 0.645. The summed E-state index contributed by atoms with van der Waals surface area (Å²) in [7, 11) is 3.42. The molecule has 0 heterocycles. The normalized spacial score (nSPS) is 36.6. The van der Waals surface area contributed by atoms with Crippen molar-refractivity contribution in [1.82, 2.24) is 0 Å². The van der Waals surface area contributed by atoms with E-state index < -0.39 is 0 Å². The van der Waals surface area contributed by atoms with Gasteiger partial charge in [0.05, 0.1) is 14.2 Å². The fraction of sp³-hybridized carbons (Fsp3) is 0.667. The van der Waals surface area contributed by atoms with Crippen LogP contribution in [0.3, 0.4) is 0 Å². The van der Waals surface area contributed by atoms with E-state index in [2.05, 4.69) is 17.4 Å². The lowest BCUT2D eigenvalue weighted by Crippen LogP contribution is -2.33. The Morgan fingerprint density at radius 2 is 1.62 bits per heavy atom. The second kappa shape index (κ2) is 5.11. The van der Waals surface area contributed by atoms with Gasteiger partial charge in [-0.2, -0.15) is 0 Å². The first-order valence-corrected chi connectivity index (χ1v) is 8.28. The number of ether oxygens (including phenoxy) is 2. The van der Waals surface area contributed by atoms with E-state index in [4.69, 9.17) is 9.47 Å². The van der Waals surface area contributed by atoms with Gasteiger partial charge in [-0.15, -0.1) is 0 Å². The lowest BCUT2D eigenvalue weighted by molar-refractivity contribution is 0.243. The number of anilines is 1. The highest BCUT2D eigenvalue weighted by atomic mass is 16.5. The van der Waals surface area contributed by atoms with Crippen LogP contribution in [0.1, 0.15) is 32.1 Å². The molecule has 1 N–H and O–H groups in total. The van der Waals surface area contributed by atoms with Crippen molar-refractivity contribution in [3.63, 3.8) is 0 Å². The number of hydrogen-bond donors (Lipinski definition) is 1. The first kappa shape index (κ1) is 13.3. The summed E-state index contributed by atoms with van der Waals surface area (Å²) in [5, 5.41) is 3.77. The van der Waals surface area contributed by atoms with E-state index >= 15 is 0 Å². The summed E-state index contributed by atoms with van der Waals surface area (Å²) < 4.78 is 10.7. The van der Waals surface area contributed by atoms with Gasteiger partial charge >= 0.3 is 0 Å². The van der Waals surface area contributed by atoms with Crippen LogP contribution in [0, 0.1) is 23.7 Å². The monoisotopic (exact) mass is 287 g/mol. The third kappa shape index (κ3) is 2.18. The second-order valence-electron chi connectivity index (χ2n) is 7.01. The van der Waals surface area contributed by atoms with Crippen LogP contribution in [-0.4, -0.2) is 20.3 Å². The molecule has 3 aliphatic rings. The van der Waals surface area contributed by atoms with E-state index in [-0.39, 0.29) is 0 Å². The van der Waals surface area contributed by atoms with Crippen LogP contribution >= 0.6 is 0 Å². The maximum absolute atomic E-state index is 5.37. The van der Waals surface area contributed by atoms with Gasteiger partial charge in [0.15, 0.2) is 0 Å². The van der Waals surface area contributed by atoms with E-state index in [1.165, 1.54) is 32.1 Å². The second-order valence-corrected chi connectivity index (χ2v) is 7.01. The Morgan fingerprint density at radius 1 is 0.905 bits per heavy atom.